The van der Waals surface area contributed by atoms with Crippen LogP contribution >= 0.6 is 11.6 Å². The van der Waals surface area contributed by atoms with Gasteiger partial charge >= 0.3 is 0 Å². The molecule has 3 heteroatoms. The molecule has 100 valence electrons. The average molecular weight is 267 g/mol. The van der Waals surface area contributed by atoms with Crippen LogP contribution in [-0.4, -0.2) is 37.6 Å². The van der Waals surface area contributed by atoms with Crippen LogP contribution < -0.4 is 5.32 Å². The van der Waals surface area contributed by atoms with Crippen molar-refractivity contribution in [2.24, 2.45) is 0 Å². The maximum absolute atomic E-state index is 6.17. The van der Waals surface area contributed by atoms with Crippen molar-refractivity contribution in [2.75, 3.05) is 26.7 Å². The van der Waals surface area contributed by atoms with Crippen molar-refractivity contribution in [2.45, 2.75) is 31.7 Å². The van der Waals surface area contributed by atoms with Crippen LogP contribution in [0, 0.1) is 0 Å². The molecule has 0 aromatic heterocycles. The molecule has 18 heavy (non-hydrogen) atoms. The first-order valence-corrected chi connectivity index (χ1v) is 7.31. The Kier molecular flexibility index (Phi) is 5.48. The fraction of sp³-hybridized carbons (Fsp3) is 0.600. The third-order valence-corrected chi connectivity index (χ3v) is 4.16. The molecule has 0 bridgehead atoms. The fourth-order valence-corrected chi connectivity index (χ4v) is 3.06. The van der Waals surface area contributed by atoms with E-state index in [1.54, 1.807) is 0 Å². The molecule has 1 atom stereocenters. The van der Waals surface area contributed by atoms with Crippen molar-refractivity contribution in [1.29, 1.82) is 0 Å². The zero-order valence-corrected chi connectivity index (χ0v) is 11.9. The lowest BCUT2D eigenvalue weighted by molar-refractivity contribution is 0.248. The number of benzene rings is 1. The van der Waals surface area contributed by atoms with Gasteiger partial charge in [-0.15, -0.1) is 0 Å². The van der Waals surface area contributed by atoms with Crippen LogP contribution in [0.2, 0.25) is 5.02 Å². The van der Waals surface area contributed by atoms with E-state index in [1.807, 2.05) is 19.2 Å². The molecule has 0 amide bonds. The molecule has 1 aromatic rings. The summed E-state index contributed by atoms with van der Waals surface area (Å²) < 4.78 is 0. The first-order valence-electron chi connectivity index (χ1n) is 6.93. The van der Waals surface area contributed by atoms with Gasteiger partial charge in [0.15, 0.2) is 0 Å². The van der Waals surface area contributed by atoms with Gasteiger partial charge in [0.2, 0.25) is 0 Å². The van der Waals surface area contributed by atoms with Crippen molar-refractivity contribution >= 4 is 11.6 Å². The number of likely N-dealkylation sites (tertiary alicyclic amines) is 1. The molecule has 0 aliphatic carbocycles. The highest BCUT2D eigenvalue weighted by molar-refractivity contribution is 6.31. The summed E-state index contributed by atoms with van der Waals surface area (Å²) in [5, 5.41) is 4.20. The summed E-state index contributed by atoms with van der Waals surface area (Å²) >= 11 is 6.17. The molecular formula is C15H23ClN2. The second-order valence-electron chi connectivity index (χ2n) is 5.08. The largest absolute Gasteiger partial charge is 0.318 e. The predicted molar refractivity (Wildman–Crippen MR) is 78.3 cm³/mol. The predicted octanol–water partition coefficient (Wildman–Crippen LogP) is 2.96. The summed E-state index contributed by atoms with van der Waals surface area (Å²) in [5.74, 6) is 0. The molecule has 1 aromatic carbocycles. The zero-order valence-electron chi connectivity index (χ0n) is 11.2. The molecule has 2 rings (SSSR count). The van der Waals surface area contributed by atoms with Crippen molar-refractivity contribution in [3.05, 3.63) is 34.9 Å². The number of hydrogen-bond acceptors (Lipinski definition) is 2. The summed E-state index contributed by atoms with van der Waals surface area (Å²) in [6.07, 6.45) is 4.97. The van der Waals surface area contributed by atoms with Crippen molar-refractivity contribution < 1.29 is 0 Å². The number of nitrogens with zero attached hydrogens (tertiary/aromatic N) is 1. The molecule has 0 saturated carbocycles. The van der Waals surface area contributed by atoms with Crippen molar-refractivity contribution in [3.63, 3.8) is 0 Å². The van der Waals surface area contributed by atoms with E-state index in [0.717, 1.165) is 24.0 Å². The molecule has 1 saturated heterocycles. The Balaban J connectivity index is 1.76. The minimum Gasteiger partial charge on any atom is -0.318 e. The lowest BCUT2D eigenvalue weighted by Crippen LogP contribution is -2.37. The first kappa shape index (κ1) is 13.9. The maximum Gasteiger partial charge on any atom is 0.0437 e. The number of rotatable bonds is 6. The Bertz CT molecular complexity index is 367. The van der Waals surface area contributed by atoms with Crippen LogP contribution in [0.1, 0.15) is 24.8 Å². The van der Waals surface area contributed by atoms with Gasteiger partial charge in [0.05, 0.1) is 0 Å². The van der Waals surface area contributed by atoms with Gasteiger partial charge in [0.1, 0.15) is 0 Å². The molecule has 1 aliphatic rings. The smallest absolute Gasteiger partial charge is 0.0437 e. The Morgan fingerprint density at radius 2 is 2.22 bits per heavy atom. The summed E-state index contributed by atoms with van der Waals surface area (Å²) in [5.41, 5.74) is 1.28. The molecule has 1 aliphatic heterocycles. The minimum atomic E-state index is 0.737. The van der Waals surface area contributed by atoms with Crippen molar-refractivity contribution in [1.82, 2.24) is 10.2 Å². The molecule has 1 fully saturated rings. The van der Waals surface area contributed by atoms with Gasteiger partial charge in [-0.25, -0.2) is 0 Å². The topological polar surface area (TPSA) is 15.3 Å². The number of aryl methyl sites for hydroxylation is 1. The van der Waals surface area contributed by atoms with Crippen LogP contribution in [0.15, 0.2) is 24.3 Å². The Hall–Kier alpha value is -0.570. The van der Waals surface area contributed by atoms with E-state index in [2.05, 4.69) is 22.3 Å². The van der Waals surface area contributed by atoms with Crippen molar-refractivity contribution in [3.8, 4) is 0 Å². The van der Waals surface area contributed by atoms with Crippen LogP contribution in [-0.2, 0) is 6.42 Å². The Morgan fingerprint density at radius 3 is 3.00 bits per heavy atom. The highest BCUT2D eigenvalue weighted by atomic mass is 35.5. The van der Waals surface area contributed by atoms with E-state index in [1.165, 1.54) is 37.9 Å². The number of nitrogens with one attached hydrogen (secondary N) is 1. The van der Waals surface area contributed by atoms with E-state index < -0.39 is 0 Å². The number of hydrogen-bond donors (Lipinski definition) is 1. The van der Waals surface area contributed by atoms with E-state index in [0.29, 0.717) is 0 Å². The molecule has 1 N–H and O–H groups in total. The third-order valence-electron chi connectivity index (χ3n) is 3.79. The number of halogens is 1. The van der Waals surface area contributed by atoms with Crippen LogP contribution in [0.5, 0.6) is 0 Å². The number of likely N-dealkylation sites (N-methyl/N-ethyl adjacent to an activating group) is 1. The fourth-order valence-electron chi connectivity index (χ4n) is 2.83. The molecule has 2 nitrogen and oxygen atoms in total. The highest BCUT2D eigenvalue weighted by Gasteiger charge is 2.22. The SMILES string of the molecule is CNCC1CCCN1CCCc1ccccc1Cl. The molecule has 0 radical (unpaired) electrons. The lowest BCUT2D eigenvalue weighted by Gasteiger charge is -2.24. The van der Waals surface area contributed by atoms with Gasteiger partial charge in [-0.05, 0) is 57.5 Å². The third kappa shape index (κ3) is 3.71. The maximum atomic E-state index is 6.17. The zero-order chi connectivity index (χ0) is 12.8. The van der Waals surface area contributed by atoms with Crippen LogP contribution in [0.4, 0.5) is 0 Å². The van der Waals surface area contributed by atoms with Crippen LogP contribution in [0.3, 0.4) is 0 Å². The molecule has 1 heterocycles. The summed E-state index contributed by atoms with van der Waals surface area (Å²) in [6, 6.07) is 8.92. The van der Waals surface area contributed by atoms with Crippen LogP contribution in [0.25, 0.3) is 0 Å². The van der Waals surface area contributed by atoms with Gasteiger partial charge in [0.25, 0.3) is 0 Å². The van der Waals surface area contributed by atoms with E-state index >= 15 is 0 Å². The molecular weight excluding hydrogens is 244 g/mol. The Morgan fingerprint density at radius 1 is 1.39 bits per heavy atom. The summed E-state index contributed by atoms with van der Waals surface area (Å²) in [6.45, 7) is 3.57. The lowest BCUT2D eigenvalue weighted by atomic mass is 10.1. The average Bonchev–Trinajstić information content (AvgIpc) is 2.80. The van der Waals surface area contributed by atoms with E-state index in [9.17, 15) is 0 Å². The van der Waals surface area contributed by atoms with Gasteiger partial charge in [-0.2, -0.15) is 0 Å². The van der Waals surface area contributed by atoms with E-state index in [4.69, 9.17) is 11.6 Å². The monoisotopic (exact) mass is 266 g/mol. The summed E-state index contributed by atoms with van der Waals surface area (Å²) in [4.78, 5) is 2.62. The molecule has 0 spiro atoms. The van der Waals surface area contributed by atoms with Gasteiger partial charge in [-0.1, -0.05) is 29.8 Å². The van der Waals surface area contributed by atoms with Gasteiger partial charge < -0.3 is 5.32 Å². The minimum absolute atomic E-state index is 0.737. The first-order chi connectivity index (χ1) is 8.81. The van der Waals surface area contributed by atoms with Gasteiger partial charge in [0, 0.05) is 17.6 Å². The second kappa shape index (κ2) is 7.13. The normalized spacial score (nSPS) is 20.4. The summed E-state index contributed by atoms with van der Waals surface area (Å²) in [7, 11) is 2.04. The standard InChI is InChI=1S/C15H23ClN2/c1-17-12-14-8-5-11-18(14)10-4-7-13-6-2-3-9-15(13)16/h2-3,6,9,14,17H,4-5,7-8,10-12H2,1H3. The van der Waals surface area contributed by atoms with E-state index in [-0.39, 0.29) is 0 Å². The Labute approximate surface area is 115 Å². The molecule has 1 unspecified atom stereocenters. The van der Waals surface area contributed by atoms with Gasteiger partial charge in [-0.3, -0.25) is 4.90 Å². The highest BCUT2D eigenvalue weighted by Crippen LogP contribution is 2.19. The quantitative estimate of drug-likeness (QED) is 0.852. The second-order valence-corrected chi connectivity index (χ2v) is 5.49.